The minimum atomic E-state index is -0.883. The zero-order valence-corrected chi connectivity index (χ0v) is 22.2. The minimum Gasteiger partial charge on any atom is -0.344 e. The Bertz CT molecular complexity index is 1450. The van der Waals surface area contributed by atoms with Crippen LogP contribution in [0.1, 0.15) is 27.2 Å². The number of hydrogen-bond acceptors (Lipinski definition) is 3. The fourth-order valence-corrected chi connectivity index (χ4v) is 4.40. The summed E-state index contributed by atoms with van der Waals surface area (Å²) < 4.78 is 3.05. The lowest BCUT2D eigenvalue weighted by atomic mass is 10.1. The lowest BCUT2D eigenvalue weighted by molar-refractivity contribution is -0.136. The first-order valence-corrected chi connectivity index (χ1v) is 12.3. The smallest absolute Gasteiger partial charge is 0.328 e. The number of nitrogens with zero attached hydrogens (tertiary/aromatic N) is 1. The summed E-state index contributed by atoms with van der Waals surface area (Å²) in [5.41, 5.74) is 6.81. The van der Waals surface area contributed by atoms with Crippen molar-refractivity contribution in [1.82, 2.24) is 9.99 Å². The molecule has 0 spiro atoms. The first-order valence-electron chi connectivity index (χ1n) is 10.7. The van der Waals surface area contributed by atoms with Crippen molar-refractivity contribution in [2.75, 3.05) is 10.7 Å². The van der Waals surface area contributed by atoms with Gasteiger partial charge in [0.05, 0.1) is 5.52 Å². The average Bonchev–Trinajstić information content (AvgIpc) is 3.17. The van der Waals surface area contributed by atoms with Crippen LogP contribution in [0.25, 0.3) is 10.9 Å². The van der Waals surface area contributed by atoms with E-state index in [1.165, 1.54) is 4.68 Å². The fraction of sp³-hybridized carbons (Fsp3) is 0.115. The van der Waals surface area contributed by atoms with Gasteiger partial charge in [0.1, 0.15) is 5.69 Å². The summed E-state index contributed by atoms with van der Waals surface area (Å²) in [7, 11) is 0. The van der Waals surface area contributed by atoms with Gasteiger partial charge in [-0.3, -0.25) is 19.8 Å². The van der Waals surface area contributed by atoms with Gasteiger partial charge < -0.3 is 10.6 Å². The van der Waals surface area contributed by atoms with Crippen molar-refractivity contribution in [3.63, 3.8) is 0 Å². The van der Waals surface area contributed by atoms with E-state index in [9.17, 15) is 14.4 Å². The molecule has 0 atom stereocenters. The highest BCUT2D eigenvalue weighted by atomic mass is 79.9. The van der Waals surface area contributed by atoms with E-state index in [0.717, 1.165) is 31.0 Å². The molecule has 4 rings (SSSR count). The lowest BCUT2D eigenvalue weighted by Gasteiger charge is -2.14. The number of hydrogen-bond donors (Lipinski definition) is 3. The normalized spacial score (nSPS) is 10.7. The van der Waals surface area contributed by atoms with E-state index in [0.29, 0.717) is 11.2 Å². The number of rotatable bonds is 5. The summed E-state index contributed by atoms with van der Waals surface area (Å²) in [5.74, 6) is -2.12. The first kappa shape index (κ1) is 24.7. The molecule has 178 valence electrons. The molecule has 0 aliphatic heterocycles. The molecule has 0 saturated heterocycles. The number of carbonyl (C=O) groups excluding carboxylic acids is 3. The van der Waals surface area contributed by atoms with Crippen LogP contribution < -0.4 is 16.1 Å². The Morgan fingerprint density at radius 1 is 0.829 bits per heavy atom. The van der Waals surface area contributed by atoms with E-state index in [1.807, 2.05) is 56.3 Å². The third-order valence-electron chi connectivity index (χ3n) is 5.43. The van der Waals surface area contributed by atoms with E-state index in [1.54, 1.807) is 24.3 Å². The molecule has 0 radical (unpaired) electrons. The molecule has 0 aliphatic carbocycles. The summed E-state index contributed by atoms with van der Waals surface area (Å²) >= 11 is 6.84. The number of aryl methyl sites for hydroxylation is 2. The van der Waals surface area contributed by atoms with Crippen molar-refractivity contribution in [2.45, 2.75) is 20.4 Å². The summed E-state index contributed by atoms with van der Waals surface area (Å²) in [6.45, 7) is 4.07. The molecule has 7 nitrogen and oxygen atoms in total. The number of carbonyl (C=O) groups is 3. The topological polar surface area (TPSA) is 92.2 Å². The van der Waals surface area contributed by atoms with Gasteiger partial charge >= 0.3 is 11.8 Å². The molecule has 0 aliphatic rings. The van der Waals surface area contributed by atoms with Gasteiger partial charge in [-0.15, -0.1) is 0 Å². The van der Waals surface area contributed by atoms with Gasteiger partial charge in [-0.2, -0.15) is 0 Å². The summed E-state index contributed by atoms with van der Waals surface area (Å²) in [6, 6.07) is 20.2. The van der Waals surface area contributed by atoms with Crippen molar-refractivity contribution in [3.05, 3.63) is 98.1 Å². The number of halogens is 2. The van der Waals surface area contributed by atoms with Gasteiger partial charge in [-0.25, -0.2) is 4.68 Å². The summed E-state index contributed by atoms with van der Waals surface area (Å²) in [6.07, 6.45) is 0. The maximum atomic E-state index is 13.2. The minimum absolute atomic E-state index is 0.181. The van der Waals surface area contributed by atoms with Crippen LogP contribution in [-0.2, 0) is 16.1 Å². The van der Waals surface area contributed by atoms with Gasteiger partial charge in [-0.05, 0) is 67.4 Å². The third-order valence-corrected chi connectivity index (χ3v) is 6.41. The number of aromatic nitrogens is 1. The lowest BCUT2D eigenvalue weighted by Crippen LogP contribution is -2.39. The Balaban J connectivity index is 1.57. The van der Waals surface area contributed by atoms with Crippen LogP contribution >= 0.6 is 31.9 Å². The molecule has 9 heteroatoms. The highest BCUT2D eigenvalue weighted by Crippen LogP contribution is 2.25. The Hall–Kier alpha value is -3.43. The van der Waals surface area contributed by atoms with E-state index in [-0.39, 0.29) is 12.2 Å². The molecule has 0 bridgehead atoms. The SMILES string of the molecule is Cc1ccc(CNC(=O)C(=O)Nn2c(C(=O)Nc3ccc(Br)cc3C)cc3cc(Br)ccc32)cc1. The number of amides is 3. The van der Waals surface area contributed by atoms with Crippen molar-refractivity contribution in [3.8, 4) is 0 Å². The van der Waals surface area contributed by atoms with Crippen LogP contribution in [-0.4, -0.2) is 22.4 Å². The Labute approximate surface area is 219 Å². The van der Waals surface area contributed by atoms with E-state index in [2.05, 4.69) is 47.9 Å². The molecule has 0 unspecified atom stereocenters. The second-order valence-electron chi connectivity index (χ2n) is 8.09. The maximum Gasteiger partial charge on any atom is 0.328 e. The van der Waals surface area contributed by atoms with Crippen molar-refractivity contribution >= 4 is 66.2 Å². The van der Waals surface area contributed by atoms with Crippen LogP contribution in [0.2, 0.25) is 0 Å². The fourth-order valence-electron chi connectivity index (χ4n) is 3.55. The van der Waals surface area contributed by atoms with Crippen molar-refractivity contribution in [2.24, 2.45) is 0 Å². The van der Waals surface area contributed by atoms with Crippen LogP contribution in [0.15, 0.2) is 75.7 Å². The molecule has 35 heavy (non-hydrogen) atoms. The van der Waals surface area contributed by atoms with Gasteiger partial charge in [0.25, 0.3) is 5.91 Å². The molecule has 4 aromatic rings. The van der Waals surface area contributed by atoms with Gasteiger partial charge in [0.2, 0.25) is 0 Å². The van der Waals surface area contributed by atoms with E-state index < -0.39 is 17.7 Å². The Kier molecular flexibility index (Phi) is 7.37. The number of nitrogens with one attached hydrogen (secondary N) is 3. The predicted octanol–water partition coefficient (Wildman–Crippen LogP) is 5.42. The third kappa shape index (κ3) is 5.80. The maximum absolute atomic E-state index is 13.2. The van der Waals surface area contributed by atoms with Crippen molar-refractivity contribution in [1.29, 1.82) is 0 Å². The standard InChI is InChI=1S/C26H22Br2N4O3/c1-15-3-5-17(6-4-15)14-29-25(34)26(35)31-32-22-10-8-20(28)12-18(22)13-23(32)24(33)30-21-9-7-19(27)11-16(21)2/h3-13H,14H2,1-2H3,(H,29,34)(H,30,33)(H,31,35). The molecular weight excluding hydrogens is 576 g/mol. The monoisotopic (exact) mass is 596 g/mol. The molecule has 0 saturated carbocycles. The second-order valence-corrected chi connectivity index (χ2v) is 9.92. The zero-order valence-electron chi connectivity index (χ0n) is 19.0. The number of benzene rings is 3. The summed E-state index contributed by atoms with van der Waals surface area (Å²) in [4.78, 5) is 38.4. The largest absolute Gasteiger partial charge is 0.344 e. The van der Waals surface area contributed by atoms with E-state index in [4.69, 9.17) is 0 Å². The molecule has 1 aromatic heterocycles. The highest BCUT2D eigenvalue weighted by Gasteiger charge is 2.21. The Morgan fingerprint density at radius 2 is 1.51 bits per heavy atom. The molecule has 0 fully saturated rings. The molecule has 3 amide bonds. The number of anilines is 1. The predicted molar refractivity (Wildman–Crippen MR) is 144 cm³/mol. The summed E-state index contributed by atoms with van der Waals surface area (Å²) in [5, 5.41) is 6.21. The van der Waals surface area contributed by atoms with Crippen LogP contribution in [0.4, 0.5) is 5.69 Å². The molecule has 1 heterocycles. The molecule has 3 aromatic carbocycles. The average molecular weight is 598 g/mol. The number of fused-ring (bicyclic) bond motifs is 1. The van der Waals surface area contributed by atoms with Gasteiger partial charge in [0.15, 0.2) is 0 Å². The van der Waals surface area contributed by atoms with Gasteiger partial charge in [-0.1, -0.05) is 61.7 Å². The van der Waals surface area contributed by atoms with E-state index >= 15 is 0 Å². The second kappa shape index (κ2) is 10.5. The van der Waals surface area contributed by atoms with Crippen LogP contribution in [0.3, 0.4) is 0 Å². The van der Waals surface area contributed by atoms with Crippen LogP contribution in [0.5, 0.6) is 0 Å². The zero-order chi connectivity index (χ0) is 25.1. The van der Waals surface area contributed by atoms with Crippen molar-refractivity contribution < 1.29 is 14.4 Å². The Morgan fingerprint density at radius 3 is 2.23 bits per heavy atom. The molecular formula is C26H22Br2N4O3. The van der Waals surface area contributed by atoms with Gasteiger partial charge in [0, 0.05) is 26.6 Å². The first-order chi connectivity index (χ1) is 16.7. The van der Waals surface area contributed by atoms with Crippen LogP contribution in [0, 0.1) is 13.8 Å². The molecule has 3 N–H and O–H groups in total. The quantitative estimate of drug-likeness (QED) is 0.268. The highest BCUT2D eigenvalue weighted by molar-refractivity contribution is 9.10.